The van der Waals surface area contributed by atoms with Gasteiger partial charge in [-0.05, 0) is 32.8 Å². The number of hydrogen-bond acceptors (Lipinski definition) is 6. The highest BCUT2D eigenvalue weighted by Gasteiger charge is 2.46. The number of methoxy groups -OCH3 is 1. The van der Waals surface area contributed by atoms with Crippen LogP contribution in [-0.4, -0.2) is 53.5 Å². The number of anilines is 1. The second-order valence-electron chi connectivity index (χ2n) is 9.42. The van der Waals surface area contributed by atoms with E-state index in [1.807, 2.05) is 27.7 Å². The smallest absolute Gasteiger partial charge is 0.255 e. The van der Waals surface area contributed by atoms with E-state index in [0.717, 1.165) is 11.8 Å². The molecular formula is C24H31F2N3O5. The summed E-state index contributed by atoms with van der Waals surface area (Å²) in [5.41, 5.74) is 1.26. The summed E-state index contributed by atoms with van der Waals surface area (Å²) in [4.78, 5) is 13.3. The van der Waals surface area contributed by atoms with Crippen LogP contribution in [0.3, 0.4) is 0 Å². The SMILES string of the molecule is COc1c([C@@H]2[C@H](C)[C@@H](C)O[C@H]2C(=O)Nc2cc(CC3COC(C)(C)O3)n(C)n2)ccc(F)c1F. The lowest BCUT2D eigenvalue weighted by molar-refractivity contribution is -0.138. The van der Waals surface area contributed by atoms with Crippen LogP contribution in [0.15, 0.2) is 18.2 Å². The van der Waals surface area contributed by atoms with Crippen molar-refractivity contribution in [2.45, 2.75) is 64.1 Å². The summed E-state index contributed by atoms with van der Waals surface area (Å²) < 4.78 is 52.5. The van der Waals surface area contributed by atoms with Gasteiger partial charge in [-0.1, -0.05) is 13.0 Å². The topological polar surface area (TPSA) is 83.8 Å². The van der Waals surface area contributed by atoms with Gasteiger partial charge in [0.25, 0.3) is 5.91 Å². The Morgan fingerprint density at radius 3 is 2.71 bits per heavy atom. The molecule has 2 aromatic rings. The Hall–Kier alpha value is -2.56. The van der Waals surface area contributed by atoms with E-state index in [1.165, 1.54) is 13.2 Å². The van der Waals surface area contributed by atoms with Gasteiger partial charge in [0.1, 0.15) is 6.10 Å². The zero-order valence-electron chi connectivity index (χ0n) is 20.2. The second-order valence-corrected chi connectivity index (χ2v) is 9.42. The lowest BCUT2D eigenvalue weighted by Gasteiger charge is -2.23. The first-order valence-corrected chi connectivity index (χ1v) is 11.3. The molecule has 8 nitrogen and oxygen atoms in total. The Bertz CT molecular complexity index is 1070. The number of benzene rings is 1. The van der Waals surface area contributed by atoms with Gasteiger partial charge in [-0.3, -0.25) is 9.48 Å². The van der Waals surface area contributed by atoms with E-state index in [4.69, 9.17) is 18.9 Å². The van der Waals surface area contributed by atoms with E-state index in [9.17, 15) is 13.6 Å². The van der Waals surface area contributed by atoms with E-state index in [-0.39, 0.29) is 23.9 Å². The molecule has 5 atom stereocenters. The number of carbonyl (C=O) groups excluding carboxylic acids is 1. The van der Waals surface area contributed by atoms with Crippen molar-refractivity contribution in [3.8, 4) is 5.75 Å². The predicted octanol–water partition coefficient (Wildman–Crippen LogP) is 3.55. The Morgan fingerprint density at radius 1 is 1.32 bits per heavy atom. The van der Waals surface area contributed by atoms with Crippen LogP contribution < -0.4 is 10.1 Å². The molecule has 0 aliphatic carbocycles. The van der Waals surface area contributed by atoms with Crippen LogP contribution in [0.2, 0.25) is 0 Å². The third kappa shape index (κ3) is 4.67. The standard InChI is InChI=1S/C24H31F2N3O5/c1-12-13(2)33-22(19(12)16-7-8-17(25)20(26)21(16)31-6)23(30)27-18-10-14(29(5)28-18)9-15-11-32-24(3,4)34-15/h7-8,10,12-13,15,19,22H,9,11H2,1-6H3,(H,27,28,30)/t12-,13-,15?,19+,22-/m1/s1. The van der Waals surface area contributed by atoms with Crippen molar-refractivity contribution in [3.63, 3.8) is 0 Å². The average Bonchev–Trinajstić information content (AvgIpc) is 3.39. The maximum Gasteiger partial charge on any atom is 0.255 e. The second kappa shape index (κ2) is 9.24. The number of amides is 1. The summed E-state index contributed by atoms with van der Waals surface area (Å²) in [6, 6.07) is 4.27. The van der Waals surface area contributed by atoms with E-state index in [0.29, 0.717) is 24.4 Å². The minimum absolute atomic E-state index is 0.112. The minimum Gasteiger partial charge on any atom is -0.493 e. The highest BCUT2D eigenvalue weighted by Crippen LogP contribution is 2.44. The van der Waals surface area contributed by atoms with Crippen LogP contribution in [0.1, 0.15) is 44.9 Å². The maximum atomic E-state index is 14.4. The van der Waals surface area contributed by atoms with Crippen molar-refractivity contribution < 1.29 is 32.5 Å². The molecule has 2 fully saturated rings. The normalized spacial score (nSPS) is 28.3. The number of aromatic nitrogens is 2. The summed E-state index contributed by atoms with van der Waals surface area (Å²) in [5.74, 6) is -3.65. The monoisotopic (exact) mass is 479 g/mol. The van der Waals surface area contributed by atoms with E-state index in [1.54, 1.807) is 17.8 Å². The van der Waals surface area contributed by atoms with Crippen LogP contribution in [0.25, 0.3) is 0 Å². The minimum atomic E-state index is -1.08. The Balaban J connectivity index is 1.53. The summed E-state index contributed by atoms with van der Waals surface area (Å²) in [5, 5.41) is 7.21. The molecule has 0 saturated carbocycles. The van der Waals surface area contributed by atoms with Gasteiger partial charge < -0.3 is 24.3 Å². The maximum absolute atomic E-state index is 14.4. The number of nitrogens with one attached hydrogen (secondary N) is 1. The average molecular weight is 480 g/mol. The van der Waals surface area contributed by atoms with E-state index >= 15 is 0 Å². The first-order valence-electron chi connectivity index (χ1n) is 11.3. The van der Waals surface area contributed by atoms with Gasteiger partial charge in [0.2, 0.25) is 5.82 Å². The Morgan fingerprint density at radius 2 is 2.06 bits per heavy atom. The quantitative estimate of drug-likeness (QED) is 0.682. The molecule has 186 valence electrons. The number of nitrogens with zero attached hydrogens (tertiary/aromatic N) is 2. The van der Waals surface area contributed by atoms with Gasteiger partial charge in [0.15, 0.2) is 23.2 Å². The van der Waals surface area contributed by atoms with Gasteiger partial charge >= 0.3 is 0 Å². The summed E-state index contributed by atoms with van der Waals surface area (Å²) >= 11 is 0. The number of hydrogen-bond donors (Lipinski definition) is 1. The van der Waals surface area contributed by atoms with Gasteiger partial charge in [-0.25, -0.2) is 4.39 Å². The number of rotatable bonds is 6. The van der Waals surface area contributed by atoms with Crippen LogP contribution in [-0.2, 0) is 32.5 Å². The molecular weight excluding hydrogens is 448 g/mol. The van der Waals surface area contributed by atoms with Crippen LogP contribution in [0.4, 0.5) is 14.6 Å². The first kappa shape index (κ1) is 24.6. The van der Waals surface area contributed by atoms with Gasteiger partial charge in [0.05, 0.1) is 25.9 Å². The molecule has 4 rings (SSSR count). The van der Waals surface area contributed by atoms with Crippen LogP contribution >= 0.6 is 0 Å². The molecule has 1 unspecified atom stereocenters. The predicted molar refractivity (Wildman–Crippen MR) is 120 cm³/mol. The lowest BCUT2D eigenvalue weighted by atomic mass is 9.82. The van der Waals surface area contributed by atoms with Gasteiger partial charge in [-0.15, -0.1) is 0 Å². The zero-order chi connectivity index (χ0) is 24.8. The fraction of sp³-hybridized carbons (Fsp3) is 0.583. The van der Waals surface area contributed by atoms with Gasteiger partial charge in [-0.2, -0.15) is 9.49 Å². The van der Waals surface area contributed by atoms with Crippen molar-refractivity contribution in [2.75, 3.05) is 19.0 Å². The molecule has 2 aliphatic heterocycles. The molecule has 10 heteroatoms. The molecule has 0 bridgehead atoms. The third-order valence-electron chi connectivity index (χ3n) is 6.63. The fourth-order valence-corrected chi connectivity index (χ4v) is 4.75. The Labute approximate surface area is 197 Å². The number of carbonyl (C=O) groups is 1. The van der Waals surface area contributed by atoms with Gasteiger partial charge in [0, 0.05) is 36.7 Å². The molecule has 1 amide bonds. The molecule has 34 heavy (non-hydrogen) atoms. The van der Waals surface area contributed by atoms with Crippen molar-refractivity contribution in [3.05, 3.63) is 41.1 Å². The highest BCUT2D eigenvalue weighted by atomic mass is 19.2. The zero-order valence-corrected chi connectivity index (χ0v) is 20.2. The number of halogens is 2. The van der Waals surface area contributed by atoms with Crippen molar-refractivity contribution in [1.82, 2.24) is 9.78 Å². The number of ether oxygens (including phenoxy) is 4. The molecule has 2 saturated heterocycles. The first-order chi connectivity index (χ1) is 16.0. The highest BCUT2D eigenvalue weighted by molar-refractivity contribution is 5.94. The third-order valence-corrected chi connectivity index (χ3v) is 6.63. The fourth-order valence-electron chi connectivity index (χ4n) is 4.75. The Kier molecular flexibility index (Phi) is 6.67. The molecule has 1 aromatic carbocycles. The van der Waals surface area contributed by atoms with Crippen molar-refractivity contribution in [2.24, 2.45) is 13.0 Å². The molecule has 3 heterocycles. The molecule has 0 radical (unpaired) electrons. The number of aryl methyl sites for hydroxylation is 1. The summed E-state index contributed by atoms with van der Waals surface area (Å²) in [7, 11) is 3.06. The molecule has 1 N–H and O–H groups in total. The molecule has 2 aliphatic rings. The van der Waals surface area contributed by atoms with E-state index < -0.39 is 35.4 Å². The van der Waals surface area contributed by atoms with Crippen LogP contribution in [0.5, 0.6) is 5.75 Å². The van der Waals surface area contributed by atoms with Crippen molar-refractivity contribution >= 4 is 11.7 Å². The lowest BCUT2D eigenvalue weighted by Crippen LogP contribution is -2.33. The summed E-state index contributed by atoms with van der Waals surface area (Å²) in [6.45, 7) is 7.96. The van der Waals surface area contributed by atoms with Crippen molar-refractivity contribution in [1.29, 1.82) is 0 Å². The molecule has 0 spiro atoms. The van der Waals surface area contributed by atoms with Crippen LogP contribution in [0, 0.1) is 17.6 Å². The van der Waals surface area contributed by atoms with E-state index in [2.05, 4.69) is 10.4 Å². The molecule has 1 aromatic heterocycles. The summed E-state index contributed by atoms with van der Waals surface area (Å²) in [6.07, 6.45) is -0.743. The largest absolute Gasteiger partial charge is 0.493 e.